The van der Waals surface area contributed by atoms with E-state index in [1.807, 2.05) is 41.9 Å². The summed E-state index contributed by atoms with van der Waals surface area (Å²) in [7, 11) is 0.725. The van der Waals surface area contributed by atoms with Crippen molar-refractivity contribution in [2.24, 2.45) is 4.99 Å². The van der Waals surface area contributed by atoms with Crippen LogP contribution in [-0.2, 0) is 40.9 Å². The predicted octanol–water partition coefficient (Wildman–Crippen LogP) is 1.86. The van der Waals surface area contributed by atoms with Gasteiger partial charge >= 0.3 is 0 Å². The van der Waals surface area contributed by atoms with Gasteiger partial charge in [-0.05, 0) is 18.9 Å². The number of hydrogen-bond donors (Lipinski definition) is 2. The third-order valence-corrected chi connectivity index (χ3v) is 5.91. The highest BCUT2D eigenvalue weighted by Crippen LogP contribution is 2.13. The van der Waals surface area contributed by atoms with E-state index in [-0.39, 0.29) is 30.0 Å². The van der Waals surface area contributed by atoms with Gasteiger partial charge in [0, 0.05) is 48.4 Å². The molecule has 30 heavy (non-hydrogen) atoms. The molecule has 0 aliphatic carbocycles. The summed E-state index contributed by atoms with van der Waals surface area (Å²) in [6.07, 6.45) is 1.84. The molecule has 166 valence electrons. The lowest BCUT2D eigenvalue weighted by Gasteiger charge is -2.25. The largest absolute Gasteiger partial charge is 0.377 e. The molecular formula is C20H31IN6O2S. The second-order valence-electron chi connectivity index (χ2n) is 6.97. The van der Waals surface area contributed by atoms with Crippen molar-refractivity contribution in [2.45, 2.75) is 44.7 Å². The molecule has 0 spiro atoms. The average Bonchev–Trinajstić information content (AvgIpc) is 3.11. The molecule has 1 aromatic heterocycles. The molecule has 1 aliphatic rings. The Hall–Kier alpha value is -1.53. The lowest BCUT2D eigenvalue weighted by Crippen LogP contribution is -2.47. The number of nitrogens with zero attached hydrogens (tertiary/aromatic N) is 4. The smallest absolute Gasteiger partial charge is 0.191 e. The third-order valence-electron chi connectivity index (χ3n) is 4.62. The van der Waals surface area contributed by atoms with E-state index in [4.69, 9.17) is 4.74 Å². The number of hydrogen-bond acceptors (Lipinski definition) is 5. The first kappa shape index (κ1) is 24.7. The minimum absolute atomic E-state index is 0. The van der Waals surface area contributed by atoms with Gasteiger partial charge in [-0.25, -0.2) is 9.67 Å². The Balaban J connectivity index is 0.00000320. The van der Waals surface area contributed by atoms with Crippen molar-refractivity contribution >= 4 is 40.7 Å². The van der Waals surface area contributed by atoms with Crippen LogP contribution in [0.1, 0.15) is 30.6 Å². The monoisotopic (exact) mass is 546 g/mol. The number of aliphatic imine (C=N–C) groups is 1. The van der Waals surface area contributed by atoms with E-state index in [2.05, 4.69) is 25.7 Å². The van der Waals surface area contributed by atoms with Crippen LogP contribution in [-0.4, -0.2) is 56.9 Å². The molecule has 8 nitrogen and oxygen atoms in total. The summed E-state index contributed by atoms with van der Waals surface area (Å²) >= 11 is 0. The van der Waals surface area contributed by atoms with E-state index in [0.29, 0.717) is 24.7 Å². The van der Waals surface area contributed by atoms with Gasteiger partial charge in [-0.2, -0.15) is 5.10 Å². The van der Waals surface area contributed by atoms with E-state index < -0.39 is 10.8 Å². The second kappa shape index (κ2) is 13.0. The molecule has 2 unspecified atom stereocenters. The van der Waals surface area contributed by atoms with Crippen LogP contribution < -0.4 is 10.6 Å². The number of guanidine groups is 1. The maximum Gasteiger partial charge on any atom is 0.191 e. The van der Waals surface area contributed by atoms with Gasteiger partial charge in [0.05, 0.1) is 13.1 Å². The van der Waals surface area contributed by atoms with Gasteiger partial charge in [0.1, 0.15) is 12.4 Å². The Bertz CT molecular complexity index is 830. The van der Waals surface area contributed by atoms with Crippen LogP contribution in [0.4, 0.5) is 0 Å². The fraction of sp³-hybridized carbons (Fsp3) is 0.550. The standard InChI is InChI=1S/C20H30N6O2S.HI/c1-3-21-20(22-11-12-29(27)15-16-7-5-4-6-8-16)23-17-9-10-19-24-18(14-28-2)25-26(19)13-17;/h4-8,17H,3,9-15H2,1-2H3,(H2,21,22,23);1H. The lowest BCUT2D eigenvalue weighted by molar-refractivity contribution is 0.177. The second-order valence-corrected chi connectivity index (χ2v) is 8.55. The van der Waals surface area contributed by atoms with Gasteiger partial charge in [-0.1, -0.05) is 30.3 Å². The molecule has 0 fully saturated rings. The maximum absolute atomic E-state index is 12.3. The number of aryl methyl sites for hydroxylation is 1. The van der Waals surface area contributed by atoms with E-state index in [0.717, 1.165) is 49.1 Å². The number of methoxy groups -OCH3 is 1. The zero-order valence-electron chi connectivity index (χ0n) is 17.5. The maximum atomic E-state index is 12.3. The average molecular weight is 546 g/mol. The van der Waals surface area contributed by atoms with Crippen molar-refractivity contribution in [2.75, 3.05) is 26.0 Å². The summed E-state index contributed by atoms with van der Waals surface area (Å²) in [5.74, 6) is 3.61. The molecular weight excluding hydrogens is 515 g/mol. The number of ether oxygens (including phenoxy) is 1. The highest BCUT2D eigenvalue weighted by molar-refractivity contribution is 14.0. The minimum atomic E-state index is -0.924. The summed E-state index contributed by atoms with van der Waals surface area (Å²) in [6, 6.07) is 10.2. The van der Waals surface area contributed by atoms with Gasteiger partial charge < -0.3 is 15.4 Å². The number of benzene rings is 1. The summed E-state index contributed by atoms with van der Waals surface area (Å²) < 4.78 is 19.4. The molecule has 0 saturated heterocycles. The van der Waals surface area contributed by atoms with Gasteiger partial charge in [0.25, 0.3) is 0 Å². The lowest BCUT2D eigenvalue weighted by atomic mass is 10.1. The van der Waals surface area contributed by atoms with Crippen LogP contribution in [0.3, 0.4) is 0 Å². The molecule has 0 radical (unpaired) electrons. The van der Waals surface area contributed by atoms with E-state index in [9.17, 15) is 4.21 Å². The number of fused-ring (bicyclic) bond motifs is 1. The molecule has 0 amide bonds. The molecule has 2 heterocycles. The first-order valence-corrected chi connectivity index (χ1v) is 11.5. The zero-order valence-corrected chi connectivity index (χ0v) is 20.7. The summed E-state index contributed by atoms with van der Waals surface area (Å²) in [5, 5.41) is 11.3. The number of aromatic nitrogens is 3. The zero-order chi connectivity index (χ0) is 20.5. The predicted molar refractivity (Wildman–Crippen MR) is 131 cm³/mol. The molecule has 10 heteroatoms. The van der Waals surface area contributed by atoms with Crippen LogP contribution in [0.25, 0.3) is 0 Å². The van der Waals surface area contributed by atoms with Crippen LogP contribution in [0.5, 0.6) is 0 Å². The number of nitrogens with one attached hydrogen (secondary N) is 2. The number of halogens is 1. The summed E-state index contributed by atoms with van der Waals surface area (Å²) in [4.78, 5) is 9.13. The first-order chi connectivity index (χ1) is 14.2. The fourth-order valence-corrected chi connectivity index (χ4v) is 4.28. The SMILES string of the molecule is CCNC(=NCCS(=O)Cc1ccccc1)NC1CCc2nc(COC)nn2C1.I. The molecule has 0 bridgehead atoms. The normalized spacial score (nSPS) is 17.0. The van der Waals surface area contributed by atoms with Crippen molar-refractivity contribution < 1.29 is 8.95 Å². The number of rotatable bonds is 9. The van der Waals surface area contributed by atoms with Crippen LogP contribution >= 0.6 is 24.0 Å². The third kappa shape index (κ3) is 7.62. The Labute approximate surface area is 197 Å². The highest BCUT2D eigenvalue weighted by Gasteiger charge is 2.22. The van der Waals surface area contributed by atoms with Gasteiger partial charge in [-0.3, -0.25) is 9.20 Å². The summed E-state index contributed by atoms with van der Waals surface area (Å²) in [6.45, 7) is 4.52. The van der Waals surface area contributed by atoms with Crippen LogP contribution in [0.15, 0.2) is 35.3 Å². The van der Waals surface area contributed by atoms with Gasteiger partial charge in [0.15, 0.2) is 11.8 Å². The van der Waals surface area contributed by atoms with E-state index in [1.54, 1.807) is 7.11 Å². The Morgan fingerprint density at radius 1 is 1.37 bits per heavy atom. The van der Waals surface area contributed by atoms with Gasteiger partial charge in [-0.15, -0.1) is 24.0 Å². The molecule has 0 saturated carbocycles. The topological polar surface area (TPSA) is 93.4 Å². The Morgan fingerprint density at radius 3 is 2.90 bits per heavy atom. The van der Waals surface area contributed by atoms with E-state index in [1.165, 1.54) is 0 Å². The molecule has 2 N–H and O–H groups in total. The Morgan fingerprint density at radius 2 is 2.17 bits per heavy atom. The van der Waals surface area contributed by atoms with Crippen molar-refractivity contribution in [1.82, 2.24) is 25.4 Å². The minimum Gasteiger partial charge on any atom is -0.377 e. The molecule has 1 aliphatic heterocycles. The molecule has 1 aromatic carbocycles. The molecule has 2 atom stereocenters. The van der Waals surface area contributed by atoms with Crippen molar-refractivity contribution in [3.63, 3.8) is 0 Å². The molecule has 2 aromatic rings. The first-order valence-electron chi connectivity index (χ1n) is 10.0. The quantitative estimate of drug-likeness (QED) is 0.284. The Kier molecular flexibility index (Phi) is 10.7. The molecule has 3 rings (SSSR count). The summed E-state index contributed by atoms with van der Waals surface area (Å²) in [5.41, 5.74) is 1.10. The van der Waals surface area contributed by atoms with E-state index >= 15 is 0 Å². The van der Waals surface area contributed by atoms with Crippen molar-refractivity contribution in [1.29, 1.82) is 0 Å². The van der Waals surface area contributed by atoms with Crippen molar-refractivity contribution in [3.05, 3.63) is 47.5 Å². The van der Waals surface area contributed by atoms with Crippen LogP contribution in [0.2, 0.25) is 0 Å². The highest BCUT2D eigenvalue weighted by atomic mass is 127. The van der Waals surface area contributed by atoms with Gasteiger partial charge in [0.2, 0.25) is 0 Å². The fourth-order valence-electron chi connectivity index (χ4n) is 3.27. The van der Waals surface area contributed by atoms with Crippen LogP contribution in [0, 0.1) is 0 Å². The van der Waals surface area contributed by atoms with Crippen molar-refractivity contribution in [3.8, 4) is 0 Å².